The van der Waals surface area contributed by atoms with E-state index in [0.29, 0.717) is 17.9 Å². The molecular weight excluding hydrogens is 250 g/mol. The number of anilines is 1. The maximum Gasteiger partial charge on any atom is 0.338 e. The number of carbonyl (C=O) groups is 1. The van der Waals surface area contributed by atoms with Gasteiger partial charge in [0.2, 0.25) is 0 Å². The molecule has 0 amide bonds. The van der Waals surface area contributed by atoms with Gasteiger partial charge in [-0.3, -0.25) is 0 Å². The van der Waals surface area contributed by atoms with Crippen LogP contribution in [0.5, 0.6) is 0 Å². The fourth-order valence-electron chi connectivity index (χ4n) is 2.10. The highest BCUT2D eigenvalue weighted by molar-refractivity contribution is 5.90. The van der Waals surface area contributed by atoms with Crippen molar-refractivity contribution in [2.45, 2.75) is 19.8 Å². The van der Waals surface area contributed by atoms with Crippen LogP contribution in [-0.2, 0) is 11.2 Å². The highest BCUT2D eigenvalue weighted by Crippen LogP contribution is 2.12. The normalized spacial score (nSPS) is 10.2. The van der Waals surface area contributed by atoms with Gasteiger partial charge in [0.25, 0.3) is 0 Å². The van der Waals surface area contributed by atoms with Crippen LogP contribution >= 0.6 is 0 Å². The summed E-state index contributed by atoms with van der Waals surface area (Å²) in [5, 5.41) is 0. The van der Waals surface area contributed by atoms with Gasteiger partial charge in [-0.15, -0.1) is 0 Å². The number of carbonyl (C=O) groups excluding carboxylic acids is 1. The van der Waals surface area contributed by atoms with Crippen LogP contribution in [0, 0.1) is 6.92 Å². The Labute approximate surface area is 119 Å². The van der Waals surface area contributed by atoms with E-state index in [0.717, 1.165) is 18.4 Å². The topological polar surface area (TPSA) is 52.3 Å². The third-order valence-electron chi connectivity index (χ3n) is 3.02. The Balaban J connectivity index is 1.80. The number of rotatable bonds is 5. The molecule has 3 heteroatoms. The van der Waals surface area contributed by atoms with Crippen LogP contribution in [0.1, 0.15) is 27.9 Å². The summed E-state index contributed by atoms with van der Waals surface area (Å²) in [6.45, 7) is 2.32. The Kier molecular flexibility index (Phi) is 4.77. The Bertz CT molecular complexity index is 559. The predicted octanol–water partition coefficient (Wildman–Crippen LogP) is 3.37. The molecule has 0 spiro atoms. The molecule has 0 bridgehead atoms. The number of esters is 1. The first-order valence-electron chi connectivity index (χ1n) is 6.73. The van der Waals surface area contributed by atoms with Gasteiger partial charge < -0.3 is 10.5 Å². The Morgan fingerprint density at radius 3 is 2.60 bits per heavy atom. The van der Waals surface area contributed by atoms with E-state index in [-0.39, 0.29) is 5.97 Å². The molecule has 0 aliphatic rings. The molecule has 2 rings (SSSR count). The molecule has 2 aromatic carbocycles. The lowest BCUT2D eigenvalue weighted by molar-refractivity contribution is 0.0500. The Morgan fingerprint density at radius 1 is 1.15 bits per heavy atom. The Morgan fingerprint density at radius 2 is 1.90 bits per heavy atom. The molecule has 0 radical (unpaired) electrons. The number of ether oxygens (including phenoxy) is 1. The molecule has 0 atom stereocenters. The first-order chi connectivity index (χ1) is 9.65. The standard InChI is InChI=1S/C17H19NO2/c1-13-10-15(12-16(18)11-13)17(19)20-9-5-8-14-6-3-2-4-7-14/h2-4,6-7,10-12H,5,8-9,18H2,1H3. The maximum atomic E-state index is 11.9. The average molecular weight is 269 g/mol. The van der Waals surface area contributed by atoms with Crippen LogP contribution in [0.25, 0.3) is 0 Å². The van der Waals surface area contributed by atoms with Crippen molar-refractivity contribution in [3.05, 3.63) is 65.2 Å². The number of benzene rings is 2. The number of hydrogen-bond donors (Lipinski definition) is 1. The van der Waals surface area contributed by atoms with Gasteiger partial charge in [0.05, 0.1) is 12.2 Å². The van der Waals surface area contributed by atoms with E-state index in [1.54, 1.807) is 12.1 Å². The van der Waals surface area contributed by atoms with Gasteiger partial charge in [-0.25, -0.2) is 4.79 Å². The molecule has 0 aliphatic carbocycles. The van der Waals surface area contributed by atoms with Crippen molar-refractivity contribution in [1.82, 2.24) is 0 Å². The minimum Gasteiger partial charge on any atom is -0.462 e. The molecule has 0 saturated carbocycles. The van der Waals surface area contributed by atoms with Gasteiger partial charge in [-0.2, -0.15) is 0 Å². The van der Waals surface area contributed by atoms with E-state index in [2.05, 4.69) is 12.1 Å². The minimum absolute atomic E-state index is 0.312. The molecule has 104 valence electrons. The molecule has 0 heterocycles. The first-order valence-corrected chi connectivity index (χ1v) is 6.73. The van der Waals surface area contributed by atoms with Crippen LogP contribution in [0.3, 0.4) is 0 Å². The van der Waals surface area contributed by atoms with E-state index >= 15 is 0 Å². The van der Waals surface area contributed by atoms with Gasteiger partial charge >= 0.3 is 5.97 Å². The fraction of sp³-hybridized carbons (Fsp3) is 0.235. The van der Waals surface area contributed by atoms with Crippen LogP contribution in [0.2, 0.25) is 0 Å². The van der Waals surface area contributed by atoms with Crippen LogP contribution in [-0.4, -0.2) is 12.6 Å². The molecule has 20 heavy (non-hydrogen) atoms. The summed E-state index contributed by atoms with van der Waals surface area (Å²) >= 11 is 0. The highest BCUT2D eigenvalue weighted by atomic mass is 16.5. The molecule has 3 nitrogen and oxygen atoms in total. The van der Waals surface area contributed by atoms with Crippen molar-refractivity contribution in [3.8, 4) is 0 Å². The molecule has 0 unspecified atom stereocenters. The van der Waals surface area contributed by atoms with E-state index in [1.165, 1.54) is 5.56 Å². The highest BCUT2D eigenvalue weighted by Gasteiger charge is 2.08. The van der Waals surface area contributed by atoms with Crippen LogP contribution in [0.4, 0.5) is 5.69 Å². The van der Waals surface area contributed by atoms with Crippen LogP contribution < -0.4 is 5.73 Å². The maximum absolute atomic E-state index is 11.9. The SMILES string of the molecule is Cc1cc(N)cc(C(=O)OCCCc2ccccc2)c1. The lowest BCUT2D eigenvalue weighted by Crippen LogP contribution is -2.08. The second-order valence-electron chi connectivity index (χ2n) is 4.86. The summed E-state index contributed by atoms with van der Waals surface area (Å²) in [7, 11) is 0. The van der Waals surface area contributed by atoms with E-state index in [9.17, 15) is 4.79 Å². The molecule has 2 aromatic rings. The van der Waals surface area contributed by atoms with Crippen molar-refractivity contribution in [2.24, 2.45) is 0 Å². The number of nitrogen functional groups attached to an aromatic ring is 1. The van der Waals surface area contributed by atoms with E-state index in [4.69, 9.17) is 10.5 Å². The monoisotopic (exact) mass is 269 g/mol. The van der Waals surface area contributed by atoms with Gasteiger partial charge in [-0.1, -0.05) is 30.3 Å². The van der Waals surface area contributed by atoms with Crippen molar-refractivity contribution < 1.29 is 9.53 Å². The first kappa shape index (κ1) is 14.1. The fourth-order valence-corrected chi connectivity index (χ4v) is 2.10. The zero-order chi connectivity index (χ0) is 14.4. The van der Waals surface area contributed by atoms with Gasteiger partial charge in [0, 0.05) is 5.69 Å². The third-order valence-corrected chi connectivity index (χ3v) is 3.02. The lowest BCUT2D eigenvalue weighted by Gasteiger charge is -2.06. The van der Waals surface area contributed by atoms with E-state index in [1.807, 2.05) is 31.2 Å². The van der Waals surface area contributed by atoms with Gasteiger partial charge in [-0.05, 0) is 49.1 Å². The minimum atomic E-state index is -0.312. The zero-order valence-corrected chi connectivity index (χ0v) is 11.6. The second kappa shape index (κ2) is 6.75. The molecule has 2 N–H and O–H groups in total. The average Bonchev–Trinajstić information content (AvgIpc) is 2.43. The predicted molar refractivity (Wildman–Crippen MR) is 80.6 cm³/mol. The molecular formula is C17H19NO2. The van der Waals surface area contributed by atoms with Gasteiger partial charge in [0.1, 0.15) is 0 Å². The number of hydrogen-bond acceptors (Lipinski definition) is 3. The summed E-state index contributed by atoms with van der Waals surface area (Å²) in [6, 6.07) is 15.4. The lowest BCUT2D eigenvalue weighted by atomic mass is 10.1. The summed E-state index contributed by atoms with van der Waals surface area (Å²) < 4.78 is 5.27. The molecule has 0 aliphatic heterocycles. The quantitative estimate of drug-likeness (QED) is 0.514. The Hall–Kier alpha value is -2.29. The summed E-state index contributed by atoms with van der Waals surface area (Å²) in [4.78, 5) is 11.9. The second-order valence-corrected chi connectivity index (χ2v) is 4.86. The van der Waals surface area contributed by atoms with Crippen molar-refractivity contribution >= 4 is 11.7 Å². The van der Waals surface area contributed by atoms with Gasteiger partial charge in [0.15, 0.2) is 0 Å². The molecule has 0 aromatic heterocycles. The van der Waals surface area contributed by atoms with Crippen molar-refractivity contribution in [1.29, 1.82) is 0 Å². The summed E-state index contributed by atoms with van der Waals surface area (Å²) in [5.41, 5.74) is 9.03. The van der Waals surface area contributed by atoms with Crippen molar-refractivity contribution in [2.75, 3.05) is 12.3 Å². The summed E-state index contributed by atoms with van der Waals surface area (Å²) in [6.07, 6.45) is 1.72. The van der Waals surface area contributed by atoms with Crippen LogP contribution in [0.15, 0.2) is 48.5 Å². The number of aryl methyl sites for hydroxylation is 2. The zero-order valence-electron chi connectivity index (χ0n) is 11.6. The molecule has 0 fully saturated rings. The molecule has 0 saturated heterocycles. The smallest absolute Gasteiger partial charge is 0.338 e. The summed E-state index contributed by atoms with van der Waals surface area (Å²) in [5.74, 6) is -0.312. The number of nitrogens with two attached hydrogens (primary N) is 1. The van der Waals surface area contributed by atoms with Crippen molar-refractivity contribution in [3.63, 3.8) is 0 Å². The van der Waals surface area contributed by atoms with E-state index < -0.39 is 0 Å². The third kappa shape index (κ3) is 4.12. The largest absolute Gasteiger partial charge is 0.462 e.